The maximum atomic E-state index is 11.5. The standard InChI is InChI=1S/C14H28N2O2/c1-6-18-13(17)11-12(2)15-7-9-16(10-8-15)14(3,4)5/h12H,6-11H2,1-5H3. The summed E-state index contributed by atoms with van der Waals surface area (Å²) < 4.78 is 5.00. The third-order valence-electron chi connectivity index (χ3n) is 3.65. The first kappa shape index (κ1) is 15.4. The van der Waals surface area contributed by atoms with Crippen molar-refractivity contribution in [3.63, 3.8) is 0 Å². The molecule has 0 aliphatic carbocycles. The first-order valence-corrected chi connectivity index (χ1v) is 6.99. The zero-order chi connectivity index (χ0) is 13.8. The molecule has 1 aliphatic heterocycles. The van der Waals surface area contributed by atoms with E-state index in [1.807, 2.05) is 6.92 Å². The van der Waals surface area contributed by atoms with E-state index < -0.39 is 0 Å². The van der Waals surface area contributed by atoms with Crippen LogP contribution in [0.2, 0.25) is 0 Å². The Balaban J connectivity index is 2.36. The van der Waals surface area contributed by atoms with Crippen LogP contribution in [-0.2, 0) is 9.53 Å². The van der Waals surface area contributed by atoms with Crippen LogP contribution in [-0.4, -0.2) is 60.1 Å². The molecule has 0 amide bonds. The fourth-order valence-electron chi connectivity index (χ4n) is 2.42. The van der Waals surface area contributed by atoms with Crippen molar-refractivity contribution in [2.75, 3.05) is 32.8 Å². The molecule has 1 saturated heterocycles. The summed E-state index contributed by atoms with van der Waals surface area (Å²) in [5, 5.41) is 0. The molecule has 0 radical (unpaired) electrons. The van der Waals surface area contributed by atoms with Gasteiger partial charge in [0.05, 0.1) is 13.0 Å². The van der Waals surface area contributed by atoms with Gasteiger partial charge in [0.25, 0.3) is 0 Å². The highest BCUT2D eigenvalue weighted by Gasteiger charge is 2.28. The maximum absolute atomic E-state index is 11.5. The van der Waals surface area contributed by atoms with Crippen LogP contribution in [0.1, 0.15) is 41.0 Å². The second-order valence-electron chi connectivity index (χ2n) is 6.05. The lowest BCUT2D eigenvalue weighted by Crippen LogP contribution is -2.55. The van der Waals surface area contributed by atoms with Crippen LogP contribution in [0.3, 0.4) is 0 Å². The van der Waals surface area contributed by atoms with Crippen molar-refractivity contribution in [2.24, 2.45) is 0 Å². The minimum Gasteiger partial charge on any atom is -0.466 e. The molecule has 0 saturated carbocycles. The minimum atomic E-state index is -0.0803. The highest BCUT2D eigenvalue weighted by atomic mass is 16.5. The zero-order valence-electron chi connectivity index (χ0n) is 12.5. The van der Waals surface area contributed by atoms with Crippen molar-refractivity contribution in [2.45, 2.75) is 52.6 Å². The van der Waals surface area contributed by atoms with Crippen molar-refractivity contribution >= 4 is 5.97 Å². The SMILES string of the molecule is CCOC(=O)CC(C)N1CCN(C(C)(C)C)CC1. The van der Waals surface area contributed by atoms with Crippen molar-refractivity contribution in [3.8, 4) is 0 Å². The van der Waals surface area contributed by atoms with Gasteiger partial charge >= 0.3 is 5.97 Å². The van der Waals surface area contributed by atoms with Gasteiger partial charge in [0, 0.05) is 37.8 Å². The second-order valence-corrected chi connectivity index (χ2v) is 6.05. The molecular weight excluding hydrogens is 228 g/mol. The first-order chi connectivity index (χ1) is 8.34. The zero-order valence-corrected chi connectivity index (χ0v) is 12.5. The number of carbonyl (C=O) groups excluding carboxylic acids is 1. The fraction of sp³-hybridized carbons (Fsp3) is 0.929. The topological polar surface area (TPSA) is 32.8 Å². The molecule has 1 heterocycles. The van der Waals surface area contributed by atoms with Crippen LogP contribution in [0, 0.1) is 0 Å². The van der Waals surface area contributed by atoms with Gasteiger partial charge in [-0.2, -0.15) is 0 Å². The van der Waals surface area contributed by atoms with Gasteiger partial charge in [-0.3, -0.25) is 14.6 Å². The Bertz CT molecular complexity index is 265. The van der Waals surface area contributed by atoms with E-state index in [1.54, 1.807) is 0 Å². The third-order valence-corrected chi connectivity index (χ3v) is 3.65. The molecule has 1 fully saturated rings. The number of esters is 1. The van der Waals surface area contributed by atoms with E-state index in [2.05, 4.69) is 37.5 Å². The molecule has 1 unspecified atom stereocenters. The summed E-state index contributed by atoms with van der Waals surface area (Å²) in [6.45, 7) is 15.4. The number of rotatable bonds is 4. The molecule has 1 atom stereocenters. The van der Waals surface area contributed by atoms with Crippen LogP contribution in [0.5, 0.6) is 0 Å². The molecule has 18 heavy (non-hydrogen) atoms. The predicted octanol–water partition coefficient (Wildman–Crippen LogP) is 1.74. The molecule has 4 nitrogen and oxygen atoms in total. The molecule has 0 bridgehead atoms. The normalized spacial score (nSPS) is 20.7. The maximum Gasteiger partial charge on any atom is 0.307 e. The van der Waals surface area contributed by atoms with Crippen molar-refractivity contribution < 1.29 is 9.53 Å². The van der Waals surface area contributed by atoms with Crippen LogP contribution in [0.25, 0.3) is 0 Å². The van der Waals surface area contributed by atoms with E-state index in [4.69, 9.17) is 4.74 Å². The average molecular weight is 256 g/mol. The lowest BCUT2D eigenvalue weighted by molar-refractivity contribution is -0.144. The van der Waals surface area contributed by atoms with Crippen molar-refractivity contribution in [1.29, 1.82) is 0 Å². The van der Waals surface area contributed by atoms with Gasteiger partial charge in [-0.15, -0.1) is 0 Å². The van der Waals surface area contributed by atoms with Crippen molar-refractivity contribution in [3.05, 3.63) is 0 Å². The van der Waals surface area contributed by atoms with Crippen LogP contribution in [0.4, 0.5) is 0 Å². The number of hydrogen-bond acceptors (Lipinski definition) is 4. The van der Waals surface area contributed by atoms with Gasteiger partial charge in [0.2, 0.25) is 0 Å². The molecule has 0 N–H and O–H groups in total. The van der Waals surface area contributed by atoms with Gasteiger partial charge in [-0.1, -0.05) is 0 Å². The van der Waals surface area contributed by atoms with Gasteiger partial charge in [-0.05, 0) is 34.6 Å². The van der Waals surface area contributed by atoms with Gasteiger partial charge < -0.3 is 4.74 Å². The molecule has 106 valence electrons. The summed E-state index contributed by atoms with van der Waals surface area (Å²) in [5.74, 6) is -0.0803. The second kappa shape index (κ2) is 6.53. The fourth-order valence-corrected chi connectivity index (χ4v) is 2.42. The van der Waals surface area contributed by atoms with E-state index >= 15 is 0 Å². The van der Waals surface area contributed by atoms with E-state index in [-0.39, 0.29) is 17.6 Å². The number of hydrogen-bond donors (Lipinski definition) is 0. The predicted molar refractivity (Wildman–Crippen MR) is 73.6 cm³/mol. The van der Waals surface area contributed by atoms with Crippen LogP contribution >= 0.6 is 0 Å². The lowest BCUT2D eigenvalue weighted by atomic mass is 10.0. The number of carbonyl (C=O) groups is 1. The monoisotopic (exact) mass is 256 g/mol. The van der Waals surface area contributed by atoms with Crippen LogP contribution in [0.15, 0.2) is 0 Å². The molecule has 1 aliphatic rings. The summed E-state index contributed by atoms with van der Waals surface area (Å²) in [6, 6.07) is 0.283. The molecule has 0 aromatic carbocycles. The Hall–Kier alpha value is -0.610. The van der Waals surface area contributed by atoms with Gasteiger partial charge in [0.15, 0.2) is 0 Å². The molecule has 0 spiro atoms. The van der Waals surface area contributed by atoms with E-state index in [1.165, 1.54) is 0 Å². The van der Waals surface area contributed by atoms with Gasteiger partial charge in [0.1, 0.15) is 0 Å². The third kappa shape index (κ3) is 4.58. The minimum absolute atomic E-state index is 0.0803. The Morgan fingerprint density at radius 2 is 1.78 bits per heavy atom. The summed E-state index contributed by atoms with van der Waals surface area (Å²) >= 11 is 0. The number of piperazine rings is 1. The Labute approximate surface area is 111 Å². The molecular formula is C14H28N2O2. The van der Waals surface area contributed by atoms with Crippen LogP contribution < -0.4 is 0 Å². The Morgan fingerprint density at radius 1 is 1.22 bits per heavy atom. The van der Waals surface area contributed by atoms with Gasteiger partial charge in [-0.25, -0.2) is 0 Å². The largest absolute Gasteiger partial charge is 0.466 e. The molecule has 0 aromatic rings. The lowest BCUT2D eigenvalue weighted by Gasteiger charge is -2.43. The molecule has 4 heteroatoms. The van der Waals surface area contributed by atoms with E-state index in [9.17, 15) is 4.79 Å². The molecule has 1 rings (SSSR count). The van der Waals surface area contributed by atoms with Crippen molar-refractivity contribution in [1.82, 2.24) is 9.80 Å². The average Bonchev–Trinajstić information content (AvgIpc) is 2.28. The Morgan fingerprint density at radius 3 is 2.22 bits per heavy atom. The summed E-state index contributed by atoms with van der Waals surface area (Å²) in [6.07, 6.45) is 0.503. The van der Waals surface area contributed by atoms with E-state index in [0.29, 0.717) is 13.0 Å². The summed E-state index contributed by atoms with van der Waals surface area (Å²) in [4.78, 5) is 16.3. The Kier molecular flexibility index (Phi) is 5.60. The molecule has 0 aromatic heterocycles. The summed E-state index contributed by atoms with van der Waals surface area (Å²) in [5.41, 5.74) is 0.246. The van der Waals surface area contributed by atoms with E-state index in [0.717, 1.165) is 26.2 Å². The number of nitrogens with zero attached hydrogens (tertiary/aromatic N) is 2. The highest BCUT2D eigenvalue weighted by Crippen LogP contribution is 2.17. The quantitative estimate of drug-likeness (QED) is 0.717. The first-order valence-electron chi connectivity index (χ1n) is 6.99. The summed E-state index contributed by atoms with van der Waals surface area (Å²) in [7, 11) is 0. The smallest absolute Gasteiger partial charge is 0.307 e. The number of ether oxygens (including phenoxy) is 1. The highest BCUT2D eigenvalue weighted by molar-refractivity contribution is 5.70.